The van der Waals surface area contributed by atoms with Crippen LogP contribution < -0.4 is 10.6 Å². The summed E-state index contributed by atoms with van der Waals surface area (Å²) in [6, 6.07) is 28.6. The molecule has 0 aromatic heterocycles. The number of rotatable bonds is 14. The molecule has 0 bridgehead atoms. The van der Waals surface area contributed by atoms with E-state index in [0.29, 0.717) is 25.8 Å². The van der Waals surface area contributed by atoms with Crippen LogP contribution in [0.4, 0.5) is 4.39 Å². The fourth-order valence-electron chi connectivity index (χ4n) is 4.87. The van der Waals surface area contributed by atoms with Crippen molar-refractivity contribution in [2.75, 3.05) is 18.6 Å². The third-order valence-corrected chi connectivity index (χ3v) is 7.80. The first-order chi connectivity index (χ1) is 18.4. The number of benzene rings is 3. The third kappa shape index (κ3) is 7.69. The molecule has 2 atom stereocenters. The average molecular weight is 532 g/mol. The van der Waals surface area contributed by atoms with Crippen molar-refractivity contribution in [2.24, 2.45) is 5.92 Å². The first kappa shape index (κ1) is 29.4. The Morgan fingerprint density at radius 1 is 0.974 bits per heavy atom. The van der Waals surface area contributed by atoms with Crippen molar-refractivity contribution >= 4 is 17.7 Å². The van der Waals surface area contributed by atoms with Gasteiger partial charge in [0.2, 0.25) is 5.91 Å². The third-order valence-electron chi connectivity index (χ3n) is 7.15. The zero-order chi connectivity index (χ0) is 27.4. The zero-order valence-electron chi connectivity index (χ0n) is 22.5. The van der Waals surface area contributed by atoms with E-state index in [1.165, 1.54) is 12.1 Å². The van der Waals surface area contributed by atoms with Gasteiger partial charge in [0.25, 0.3) is 0 Å². The molecule has 3 aromatic rings. The molecule has 0 heterocycles. The molecular formula is C32H38FN3OS. The van der Waals surface area contributed by atoms with Gasteiger partial charge in [-0.2, -0.15) is 17.0 Å². The molecule has 4 nitrogen and oxygen atoms in total. The molecule has 3 aromatic carbocycles. The van der Waals surface area contributed by atoms with E-state index in [-0.39, 0.29) is 29.7 Å². The standard InChI is InChI=1S/C32H38FN3OS/c1-24(2)32(23-34,27-15-17-28(33)18-16-27)20-10-21-35-31(37)29(19-22-38-3)36-30(25-11-6-4-7-12-25)26-13-8-5-9-14-26/h4-9,11-18,24,29-30,36H,10,19-22H2,1-3H3,(H,35,37)/t29-,32?/m0/s1. The number of thioether (sulfide) groups is 1. The van der Waals surface area contributed by atoms with Gasteiger partial charge in [-0.05, 0) is 66.0 Å². The van der Waals surface area contributed by atoms with Gasteiger partial charge in [-0.3, -0.25) is 10.1 Å². The summed E-state index contributed by atoms with van der Waals surface area (Å²) in [6.07, 6.45) is 3.97. The molecule has 3 rings (SSSR count). The van der Waals surface area contributed by atoms with Crippen LogP contribution in [-0.4, -0.2) is 30.5 Å². The molecular weight excluding hydrogens is 493 g/mol. The lowest BCUT2D eigenvalue weighted by atomic mass is 9.70. The molecule has 1 unspecified atom stereocenters. The predicted octanol–water partition coefficient (Wildman–Crippen LogP) is 6.64. The van der Waals surface area contributed by atoms with Crippen LogP contribution in [-0.2, 0) is 10.2 Å². The molecule has 0 spiro atoms. The number of carbonyl (C=O) groups is 1. The highest BCUT2D eigenvalue weighted by Crippen LogP contribution is 2.36. The number of hydrogen-bond donors (Lipinski definition) is 2. The van der Waals surface area contributed by atoms with Gasteiger partial charge in [-0.15, -0.1) is 0 Å². The minimum Gasteiger partial charge on any atom is -0.355 e. The van der Waals surface area contributed by atoms with Crippen LogP contribution in [0.25, 0.3) is 0 Å². The molecule has 2 N–H and O–H groups in total. The van der Waals surface area contributed by atoms with Gasteiger partial charge in [0.15, 0.2) is 0 Å². The maximum absolute atomic E-state index is 13.5. The minimum atomic E-state index is -0.735. The van der Waals surface area contributed by atoms with Crippen molar-refractivity contribution in [1.29, 1.82) is 5.26 Å². The molecule has 0 saturated heterocycles. The second kappa shape index (κ2) is 14.7. The lowest BCUT2D eigenvalue weighted by Gasteiger charge is -2.31. The maximum atomic E-state index is 13.5. The number of hydrogen-bond acceptors (Lipinski definition) is 4. The van der Waals surface area contributed by atoms with E-state index < -0.39 is 5.41 Å². The Labute approximate surface area is 231 Å². The number of nitrogens with zero attached hydrogens (tertiary/aromatic N) is 1. The summed E-state index contributed by atoms with van der Waals surface area (Å²) in [7, 11) is 0. The number of carbonyl (C=O) groups excluding carboxylic acids is 1. The number of amides is 1. The van der Waals surface area contributed by atoms with Gasteiger partial charge < -0.3 is 5.32 Å². The highest BCUT2D eigenvalue weighted by Gasteiger charge is 2.35. The van der Waals surface area contributed by atoms with Crippen molar-refractivity contribution in [1.82, 2.24) is 10.6 Å². The predicted molar refractivity (Wildman–Crippen MR) is 155 cm³/mol. The summed E-state index contributed by atoms with van der Waals surface area (Å²) in [6.45, 7) is 4.50. The number of nitrogens with one attached hydrogen (secondary N) is 2. The van der Waals surface area contributed by atoms with Crippen molar-refractivity contribution < 1.29 is 9.18 Å². The number of halogens is 1. The Morgan fingerprint density at radius 2 is 1.55 bits per heavy atom. The zero-order valence-corrected chi connectivity index (χ0v) is 23.3. The lowest BCUT2D eigenvalue weighted by Crippen LogP contribution is -2.46. The smallest absolute Gasteiger partial charge is 0.237 e. The van der Waals surface area contributed by atoms with E-state index in [9.17, 15) is 14.4 Å². The van der Waals surface area contributed by atoms with Crippen LogP contribution in [0.15, 0.2) is 84.9 Å². The molecule has 0 aliphatic rings. The summed E-state index contributed by atoms with van der Waals surface area (Å²) in [4.78, 5) is 13.4. The Bertz CT molecular complexity index is 1130. The van der Waals surface area contributed by atoms with E-state index >= 15 is 0 Å². The van der Waals surface area contributed by atoms with E-state index in [2.05, 4.69) is 41.0 Å². The van der Waals surface area contributed by atoms with E-state index in [4.69, 9.17) is 0 Å². The van der Waals surface area contributed by atoms with Gasteiger partial charge in [0, 0.05) is 6.54 Å². The summed E-state index contributed by atoms with van der Waals surface area (Å²) in [5, 5.41) is 16.9. The van der Waals surface area contributed by atoms with Crippen molar-refractivity contribution in [3.63, 3.8) is 0 Å². The van der Waals surface area contributed by atoms with Crippen molar-refractivity contribution in [3.8, 4) is 6.07 Å². The molecule has 0 fully saturated rings. The van der Waals surface area contributed by atoms with Crippen LogP contribution >= 0.6 is 11.8 Å². The Balaban J connectivity index is 1.70. The van der Waals surface area contributed by atoms with Gasteiger partial charge in [0.05, 0.1) is 23.6 Å². The van der Waals surface area contributed by atoms with Crippen LogP contribution in [0.1, 0.15) is 55.8 Å². The van der Waals surface area contributed by atoms with Gasteiger partial charge >= 0.3 is 0 Å². The van der Waals surface area contributed by atoms with E-state index in [1.807, 2.05) is 56.5 Å². The topological polar surface area (TPSA) is 64.9 Å². The van der Waals surface area contributed by atoms with E-state index in [1.54, 1.807) is 23.9 Å². The normalized spacial score (nSPS) is 13.6. The summed E-state index contributed by atoms with van der Waals surface area (Å²) in [5.41, 5.74) is 2.29. The number of nitriles is 1. The molecule has 38 heavy (non-hydrogen) atoms. The van der Waals surface area contributed by atoms with Crippen molar-refractivity contribution in [3.05, 3.63) is 107 Å². The minimum absolute atomic E-state index is 0.0372. The highest BCUT2D eigenvalue weighted by molar-refractivity contribution is 7.98. The Kier molecular flexibility index (Phi) is 11.4. The van der Waals surface area contributed by atoms with Crippen LogP contribution in [0, 0.1) is 23.1 Å². The van der Waals surface area contributed by atoms with Gasteiger partial charge in [0.1, 0.15) is 5.82 Å². The maximum Gasteiger partial charge on any atom is 0.237 e. The summed E-state index contributed by atoms with van der Waals surface area (Å²) < 4.78 is 13.5. The van der Waals surface area contributed by atoms with Crippen LogP contribution in [0.5, 0.6) is 0 Å². The van der Waals surface area contributed by atoms with Crippen LogP contribution in [0.3, 0.4) is 0 Å². The van der Waals surface area contributed by atoms with Gasteiger partial charge in [-0.1, -0.05) is 86.6 Å². The second-order valence-corrected chi connectivity index (χ2v) is 10.9. The van der Waals surface area contributed by atoms with E-state index in [0.717, 1.165) is 22.4 Å². The molecule has 0 aliphatic carbocycles. The largest absolute Gasteiger partial charge is 0.355 e. The average Bonchev–Trinajstić information content (AvgIpc) is 2.94. The fourth-order valence-corrected chi connectivity index (χ4v) is 5.34. The SMILES string of the molecule is CSCC[C@H](NC(c1ccccc1)c1ccccc1)C(=O)NCCCC(C#N)(c1ccc(F)cc1)C(C)C. The highest BCUT2D eigenvalue weighted by atomic mass is 32.2. The van der Waals surface area contributed by atoms with Crippen molar-refractivity contribution in [2.45, 2.75) is 50.6 Å². The molecule has 0 saturated carbocycles. The molecule has 6 heteroatoms. The monoisotopic (exact) mass is 531 g/mol. The Morgan fingerprint density at radius 3 is 2.05 bits per heavy atom. The van der Waals surface area contributed by atoms with Gasteiger partial charge in [-0.25, -0.2) is 4.39 Å². The molecule has 0 aliphatic heterocycles. The molecule has 1 amide bonds. The molecule has 200 valence electrons. The quantitative estimate of drug-likeness (QED) is 0.229. The second-order valence-electron chi connectivity index (χ2n) is 9.89. The first-order valence-electron chi connectivity index (χ1n) is 13.2. The molecule has 0 radical (unpaired) electrons. The van der Waals surface area contributed by atoms with Crippen LogP contribution in [0.2, 0.25) is 0 Å². The Hall–Kier alpha value is -3.14. The summed E-state index contributed by atoms with van der Waals surface area (Å²) >= 11 is 1.72. The fraction of sp³-hybridized carbons (Fsp3) is 0.375. The lowest BCUT2D eigenvalue weighted by molar-refractivity contribution is -0.123. The first-order valence-corrected chi connectivity index (χ1v) is 14.6. The summed E-state index contributed by atoms with van der Waals surface area (Å²) in [5.74, 6) is 0.549.